The normalized spacial score (nSPS) is 40.2. The molecule has 2 bridgehead atoms. The topological polar surface area (TPSA) is 68.3 Å². The lowest BCUT2D eigenvalue weighted by molar-refractivity contribution is -0.170. The van der Waals surface area contributed by atoms with Gasteiger partial charge in [-0.15, -0.1) is 0 Å². The average Bonchev–Trinajstić information content (AvgIpc) is 2.87. The maximum atomic E-state index is 11.5. The van der Waals surface area contributed by atoms with Crippen LogP contribution in [0.25, 0.3) is 10.9 Å². The molecule has 3 aliphatic rings. The van der Waals surface area contributed by atoms with Crippen LogP contribution >= 0.6 is 0 Å². The van der Waals surface area contributed by atoms with Crippen LogP contribution in [-0.2, 0) is 6.42 Å². The van der Waals surface area contributed by atoms with Crippen molar-refractivity contribution in [2.24, 2.45) is 11.8 Å². The molecule has 1 aromatic carbocycles. The smallest absolute Gasteiger partial charge is 0.123 e. The van der Waals surface area contributed by atoms with Crippen LogP contribution in [0.2, 0.25) is 0 Å². The Balaban J connectivity index is 1.71. The molecule has 0 radical (unpaired) electrons. The number of aromatic amines is 1. The highest BCUT2D eigenvalue weighted by atomic mass is 16.3. The molecule has 2 aromatic rings. The first-order valence-corrected chi connectivity index (χ1v) is 9.18. The Bertz CT molecular complexity index is 811. The molecule has 1 saturated heterocycles. The van der Waals surface area contributed by atoms with Crippen LogP contribution in [0.3, 0.4) is 0 Å². The number of hydrogen-bond acceptors (Lipinski definition) is 3. The molecular weight excluding hydrogens is 300 g/mol. The second kappa shape index (κ2) is 4.63. The van der Waals surface area contributed by atoms with Gasteiger partial charge in [0, 0.05) is 28.4 Å². The fourth-order valence-electron chi connectivity index (χ4n) is 5.76. The van der Waals surface area contributed by atoms with Gasteiger partial charge in [-0.05, 0) is 57.1 Å². The minimum Gasteiger partial charge on any atom is -0.386 e. The van der Waals surface area contributed by atoms with E-state index < -0.39 is 11.7 Å². The summed E-state index contributed by atoms with van der Waals surface area (Å²) in [5.74, 6) is 0.679. The molecular formula is C20H26N2O2. The number of para-hydroxylation sites is 1. The number of aromatic nitrogens is 1. The summed E-state index contributed by atoms with van der Waals surface area (Å²) in [4.78, 5) is 3.41. The molecule has 4 nitrogen and oxygen atoms in total. The lowest BCUT2D eigenvalue weighted by atomic mass is 9.59. The molecule has 24 heavy (non-hydrogen) atoms. The molecule has 1 aliphatic heterocycles. The number of fused-ring (bicyclic) bond motifs is 4. The zero-order valence-electron chi connectivity index (χ0n) is 14.3. The number of aliphatic hydroxyl groups excluding tert-OH is 1. The highest BCUT2D eigenvalue weighted by Gasteiger charge is 2.58. The SMILES string of the molecule is CC1(C)NC2Cc3c([nH]c4ccccc34)C(O)C3(O)CCC1CC23. The number of aliphatic hydroxyl groups is 2. The lowest BCUT2D eigenvalue weighted by Crippen LogP contribution is -2.66. The van der Waals surface area contributed by atoms with Gasteiger partial charge in [0.25, 0.3) is 0 Å². The van der Waals surface area contributed by atoms with Crippen molar-refractivity contribution in [1.82, 2.24) is 10.3 Å². The summed E-state index contributed by atoms with van der Waals surface area (Å²) in [5.41, 5.74) is 2.10. The Labute approximate surface area is 142 Å². The van der Waals surface area contributed by atoms with Gasteiger partial charge in [0.15, 0.2) is 0 Å². The molecule has 4 N–H and O–H groups in total. The van der Waals surface area contributed by atoms with Gasteiger partial charge >= 0.3 is 0 Å². The van der Waals surface area contributed by atoms with Crippen molar-refractivity contribution in [3.05, 3.63) is 35.5 Å². The van der Waals surface area contributed by atoms with Gasteiger partial charge in [-0.3, -0.25) is 0 Å². The van der Waals surface area contributed by atoms with Gasteiger partial charge in [-0.1, -0.05) is 18.2 Å². The summed E-state index contributed by atoms with van der Waals surface area (Å²) in [6.45, 7) is 4.57. The van der Waals surface area contributed by atoms with E-state index in [1.165, 1.54) is 10.9 Å². The van der Waals surface area contributed by atoms with Crippen molar-refractivity contribution in [2.45, 2.75) is 62.8 Å². The van der Waals surface area contributed by atoms with E-state index in [0.717, 1.165) is 30.5 Å². The zero-order chi connectivity index (χ0) is 16.7. The molecule has 1 saturated carbocycles. The molecule has 0 amide bonds. The lowest BCUT2D eigenvalue weighted by Gasteiger charge is -2.56. The second-order valence-corrected chi connectivity index (χ2v) is 8.71. The minimum atomic E-state index is -1.03. The minimum absolute atomic E-state index is 0.0874. The monoisotopic (exact) mass is 326 g/mol. The van der Waals surface area contributed by atoms with Crippen molar-refractivity contribution in [3.8, 4) is 0 Å². The number of hydrogen-bond donors (Lipinski definition) is 4. The number of benzene rings is 1. The van der Waals surface area contributed by atoms with Gasteiger partial charge in [-0.2, -0.15) is 0 Å². The van der Waals surface area contributed by atoms with E-state index >= 15 is 0 Å². The molecule has 5 rings (SSSR count). The van der Waals surface area contributed by atoms with Crippen molar-refractivity contribution >= 4 is 10.9 Å². The predicted octanol–water partition coefficient (Wildman–Crippen LogP) is 2.66. The number of nitrogens with one attached hydrogen (secondary N) is 2. The summed E-state index contributed by atoms with van der Waals surface area (Å²) < 4.78 is 0. The molecule has 4 heteroatoms. The second-order valence-electron chi connectivity index (χ2n) is 8.71. The third kappa shape index (κ3) is 1.79. The van der Waals surface area contributed by atoms with Gasteiger partial charge < -0.3 is 20.5 Å². The largest absolute Gasteiger partial charge is 0.386 e. The van der Waals surface area contributed by atoms with Crippen LogP contribution in [-0.4, -0.2) is 32.4 Å². The van der Waals surface area contributed by atoms with Crippen LogP contribution in [0.15, 0.2) is 24.3 Å². The molecule has 2 fully saturated rings. The van der Waals surface area contributed by atoms with Gasteiger partial charge in [-0.25, -0.2) is 0 Å². The Morgan fingerprint density at radius 2 is 2.00 bits per heavy atom. The molecule has 5 atom stereocenters. The van der Waals surface area contributed by atoms with Crippen LogP contribution in [0.4, 0.5) is 0 Å². The number of piperidine rings is 1. The first-order chi connectivity index (χ1) is 11.4. The Morgan fingerprint density at radius 1 is 1.21 bits per heavy atom. The summed E-state index contributed by atoms with van der Waals surface area (Å²) in [6, 6.07) is 8.43. The third-order valence-corrected chi connectivity index (χ3v) is 7.16. The van der Waals surface area contributed by atoms with Crippen molar-refractivity contribution in [1.29, 1.82) is 0 Å². The van der Waals surface area contributed by atoms with Crippen molar-refractivity contribution < 1.29 is 10.2 Å². The van der Waals surface area contributed by atoms with E-state index in [4.69, 9.17) is 0 Å². The molecule has 1 aromatic heterocycles. The fourth-order valence-corrected chi connectivity index (χ4v) is 5.76. The van der Waals surface area contributed by atoms with Crippen LogP contribution in [0.1, 0.15) is 50.5 Å². The first kappa shape index (κ1) is 14.9. The average molecular weight is 326 g/mol. The van der Waals surface area contributed by atoms with Crippen LogP contribution in [0, 0.1) is 11.8 Å². The Morgan fingerprint density at radius 3 is 2.83 bits per heavy atom. The van der Waals surface area contributed by atoms with Crippen molar-refractivity contribution in [3.63, 3.8) is 0 Å². The Hall–Kier alpha value is -1.36. The molecule has 2 aliphatic carbocycles. The molecule has 5 unspecified atom stereocenters. The summed E-state index contributed by atoms with van der Waals surface area (Å²) in [5, 5.41) is 27.6. The number of rotatable bonds is 0. The quantitative estimate of drug-likeness (QED) is 0.602. The van der Waals surface area contributed by atoms with Gasteiger partial charge in [0.2, 0.25) is 0 Å². The molecule has 0 spiro atoms. The summed E-state index contributed by atoms with van der Waals surface area (Å²) >= 11 is 0. The van der Waals surface area contributed by atoms with E-state index in [1.54, 1.807) is 0 Å². The maximum Gasteiger partial charge on any atom is 0.123 e. The standard InChI is InChI=1S/C20H26N2O2/c1-19(2)11-7-8-20(24)14(9-11)16(22-19)10-13-12-5-3-4-6-15(12)21-17(13)18(20)23/h3-6,11,14,16,18,21-24H,7-10H2,1-2H3. The highest BCUT2D eigenvalue weighted by Crippen LogP contribution is 2.54. The molecule has 2 heterocycles. The van der Waals surface area contributed by atoms with E-state index in [1.807, 2.05) is 18.2 Å². The third-order valence-electron chi connectivity index (χ3n) is 7.16. The molecule has 128 valence electrons. The number of H-pyrrole nitrogens is 1. The van der Waals surface area contributed by atoms with Crippen LogP contribution < -0.4 is 5.32 Å². The first-order valence-electron chi connectivity index (χ1n) is 9.18. The summed E-state index contributed by atoms with van der Waals surface area (Å²) in [7, 11) is 0. The highest BCUT2D eigenvalue weighted by molar-refractivity contribution is 5.85. The van der Waals surface area contributed by atoms with Gasteiger partial charge in [0.1, 0.15) is 11.7 Å². The van der Waals surface area contributed by atoms with Crippen LogP contribution in [0.5, 0.6) is 0 Å². The van der Waals surface area contributed by atoms with E-state index in [9.17, 15) is 10.2 Å². The van der Waals surface area contributed by atoms with E-state index in [2.05, 4.69) is 30.2 Å². The maximum absolute atomic E-state index is 11.5. The van der Waals surface area contributed by atoms with E-state index in [-0.39, 0.29) is 17.5 Å². The van der Waals surface area contributed by atoms with Crippen molar-refractivity contribution in [2.75, 3.05) is 0 Å². The van der Waals surface area contributed by atoms with E-state index in [0.29, 0.717) is 12.3 Å². The predicted molar refractivity (Wildman–Crippen MR) is 93.7 cm³/mol. The van der Waals surface area contributed by atoms with Gasteiger partial charge in [0.05, 0.1) is 5.69 Å². The Kier molecular flexibility index (Phi) is 2.88. The summed E-state index contributed by atoms with van der Waals surface area (Å²) in [6.07, 6.45) is 2.67. The zero-order valence-corrected chi connectivity index (χ0v) is 14.3. The fraction of sp³-hybridized carbons (Fsp3) is 0.600.